The molecule has 16 heavy (non-hydrogen) atoms. The van der Waals surface area contributed by atoms with Crippen LogP contribution in [0.2, 0.25) is 0 Å². The fourth-order valence-corrected chi connectivity index (χ4v) is 2.96. The van der Waals surface area contributed by atoms with Crippen molar-refractivity contribution in [2.75, 3.05) is 5.75 Å². The Balaban J connectivity index is 2.29. The third-order valence-electron chi connectivity index (χ3n) is 2.46. The molecule has 86 valence electrons. The van der Waals surface area contributed by atoms with Crippen molar-refractivity contribution in [1.29, 1.82) is 0 Å². The van der Waals surface area contributed by atoms with E-state index in [1.807, 2.05) is 0 Å². The molecule has 0 bridgehead atoms. The monoisotopic (exact) mass is 243 g/mol. The molecule has 2 rings (SSSR count). The first kappa shape index (κ1) is 11.1. The average molecular weight is 243 g/mol. The number of benzene rings is 1. The summed E-state index contributed by atoms with van der Waals surface area (Å²) < 4.78 is 37.0. The van der Waals surface area contributed by atoms with Crippen LogP contribution in [-0.4, -0.2) is 24.4 Å². The zero-order chi connectivity index (χ0) is 11.8. The van der Waals surface area contributed by atoms with Crippen LogP contribution in [0.3, 0.4) is 0 Å². The summed E-state index contributed by atoms with van der Waals surface area (Å²) in [5.41, 5.74) is 0.210. The molecule has 0 N–H and O–H groups in total. The molecule has 4 nitrogen and oxygen atoms in total. The second kappa shape index (κ2) is 3.86. The number of hydrogen-bond acceptors (Lipinski definition) is 3. The first-order chi connectivity index (χ1) is 7.50. The Labute approximate surface area is 92.7 Å². The van der Waals surface area contributed by atoms with E-state index in [1.54, 1.807) is 6.07 Å². The second-order valence-electron chi connectivity index (χ2n) is 3.56. The van der Waals surface area contributed by atoms with Crippen LogP contribution in [0.4, 0.5) is 4.39 Å². The number of halogens is 1. The molecule has 1 amide bonds. The summed E-state index contributed by atoms with van der Waals surface area (Å²) in [7, 11) is -3.53. The van der Waals surface area contributed by atoms with Crippen LogP contribution in [-0.2, 0) is 21.4 Å². The first-order valence-electron chi connectivity index (χ1n) is 4.77. The Hall–Kier alpha value is -1.43. The van der Waals surface area contributed by atoms with Crippen LogP contribution >= 0.6 is 0 Å². The van der Waals surface area contributed by atoms with Gasteiger partial charge in [0.2, 0.25) is 15.9 Å². The molecule has 1 fully saturated rings. The van der Waals surface area contributed by atoms with Crippen molar-refractivity contribution in [2.45, 2.75) is 13.0 Å². The predicted molar refractivity (Wildman–Crippen MR) is 55.4 cm³/mol. The van der Waals surface area contributed by atoms with Gasteiger partial charge in [0.15, 0.2) is 0 Å². The van der Waals surface area contributed by atoms with Gasteiger partial charge < -0.3 is 0 Å². The highest BCUT2D eigenvalue weighted by Crippen LogP contribution is 2.19. The Morgan fingerprint density at radius 1 is 1.31 bits per heavy atom. The quantitative estimate of drug-likeness (QED) is 0.775. The van der Waals surface area contributed by atoms with Gasteiger partial charge in [0, 0.05) is 12.0 Å². The van der Waals surface area contributed by atoms with Crippen molar-refractivity contribution < 1.29 is 17.6 Å². The lowest BCUT2D eigenvalue weighted by Crippen LogP contribution is -2.29. The number of sulfonamides is 1. The summed E-state index contributed by atoms with van der Waals surface area (Å²) in [4.78, 5) is 11.3. The van der Waals surface area contributed by atoms with E-state index in [-0.39, 0.29) is 24.3 Å². The lowest BCUT2D eigenvalue weighted by Gasteiger charge is -2.15. The van der Waals surface area contributed by atoms with Crippen LogP contribution in [0.25, 0.3) is 0 Å². The number of nitrogens with zero attached hydrogens (tertiary/aromatic N) is 1. The lowest BCUT2D eigenvalue weighted by atomic mass is 10.2. The van der Waals surface area contributed by atoms with Gasteiger partial charge in [-0.25, -0.2) is 17.1 Å². The molecular weight excluding hydrogens is 233 g/mol. The van der Waals surface area contributed by atoms with Gasteiger partial charge in [-0.05, 0) is 6.07 Å². The van der Waals surface area contributed by atoms with Gasteiger partial charge >= 0.3 is 0 Å². The molecular formula is C10H10FNO3S. The van der Waals surface area contributed by atoms with E-state index in [4.69, 9.17) is 0 Å². The number of carbonyl (C=O) groups is 1. The third kappa shape index (κ3) is 1.92. The minimum absolute atomic E-state index is 0.0171. The minimum Gasteiger partial charge on any atom is -0.274 e. The molecule has 0 atom stereocenters. The van der Waals surface area contributed by atoms with Gasteiger partial charge in [-0.15, -0.1) is 0 Å². The summed E-state index contributed by atoms with van der Waals surface area (Å²) in [5, 5.41) is 0. The van der Waals surface area contributed by atoms with Crippen molar-refractivity contribution in [2.24, 2.45) is 0 Å². The maximum Gasteiger partial charge on any atom is 0.238 e. The fraction of sp³-hybridized carbons (Fsp3) is 0.300. The molecule has 1 aliphatic heterocycles. The summed E-state index contributed by atoms with van der Waals surface area (Å²) in [6.45, 7) is -0.214. The van der Waals surface area contributed by atoms with Crippen LogP contribution in [0.1, 0.15) is 12.0 Å². The maximum atomic E-state index is 13.3. The lowest BCUT2D eigenvalue weighted by molar-refractivity contribution is -0.125. The number of hydrogen-bond donors (Lipinski definition) is 0. The molecule has 0 aromatic heterocycles. The van der Waals surface area contributed by atoms with Crippen molar-refractivity contribution in [3.63, 3.8) is 0 Å². The smallest absolute Gasteiger partial charge is 0.238 e. The second-order valence-corrected chi connectivity index (χ2v) is 5.57. The van der Waals surface area contributed by atoms with Crippen LogP contribution in [0, 0.1) is 5.82 Å². The van der Waals surface area contributed by atoms with Crippen molar-refractivity contribution in [3.05, 3.63) is 35.6 Å². The van der Waals surface area contributed by atoms with E-state index < -0.39 is 21.7 Å². The van der Waals surface area contributed by atoms with Crippen LogP contribution < -0.4 is 0 Å². The molecule has 0 aliphatic carbocycles. The van der Waals surface area contributed by atoms with Crippen molar-refractivity contribution in [3.8, 4) is 0 Å². The molecule has 1 heterocycles. The Kier molecular flexibility index (Phi) is 2.67. The molecule has 1 aliphatic rings. The average Bonchev–Trinajstić information content (AvgIpc) is 2.48. The summed E-state index contributed by atoms with van der Waals surface area (Å²) in [6, 6.07) is 5.82. The Bertz CT molecular complexity index is 527. The number of carbonyl (C=O) groups excluding carboxylic acids is 1. The van der Waals surface area contributed by atoms with E-state index in [0.29, 0.717) is 0 Å². The summed E-state index contributed by atoms with van der Waals surface area (Å²) in [5.74, 6) is -1.15. The fourth-order valence-electron chi connectivity index (χ4n) is 1.57. The van der Waals surface area contributed by atoms with Gasteiger partial charge in [0.05, 0.1) is 12.3 Å². The molecule has 0 spiro atoms. The third-order valence-corrected chi connectivity index (χ3v) is 4.18. The van der Waals surface area contributed by atoms with E-state index >= 15 is 0 Å². The first-order valence-corrected chi connectivity index (χ1v) is 6.38. The molecule has 6 heteroatoms. The van der Waals surface area contributed by atoms with Gasteiger partial charge in [0.1, 0.15) is 5.82 Å². The highest BCUT2D eigenvalue weighted by molar-refractivity contribution is 7.90. The molecule has 0 radical (unpaired) electrons. The minimum atomic E-state index is -3.53. The van der Waals surface area contributed by atoms with Crippen molar-refractivity contribution >= 4 is 15.9 Å². The zero-order valence-electron chi connectivity index (χ0n) is 8.39. The molecule has 0 unspecified atom stereocenters. The largest absolute Gasteiger partial charge is 0.274 e. The van der Waals surface area contributed by atoms with Gasteiger partial charge in [-0.1, -0.05) is 18.2 Å². The zero-order valence-corrected chi connectivity index (χ0v) is 9.21. The summed E-state index contributed by atoms with van der Waals surface area (Å²) >= 11 is 0. The number of amides is 1. The summed E-state index contributed by atoms with van der Waals surface area (Å²) in [6.07, 6.45) is -0.0171. The van der Waals surface area contributed by atoms with E-state index in [2.05, 4.69) is 0 Å². The van der Waals surface area contributed by atoms with Crippen LogP contribution in [0.5, 0.6) is 0 Å². The van der Waals surface area contributed by atoms with E-state index in [9.17, 15) is 17.6 Å². The van der Waals surface area contributed by atoms with E-state index in [1.165, 1.54) is 18.2 Å². The Morgan fingerprint density at radius 2 is 2.00 bits per heavy atom. The van der Waals surface area contributed by atoms with Gasteiger partial charge in [0.25, 0.3) is 0 Å². The van der Waals surface area contributed by atoms with E-state index in [0.717, 1.165) is 4.31 Å². The molecule has 1 aromatic carbocycles. The predicted octanol–water partition coefficient (Wildman–Crippen LogP) is 0.888. The molecule has 1 saturated heterocycles. The number of rotatable bonds is 2. The molecule has 0 saturated carbocycles. The topological polar surface area (TPSA) is 54.5 Å². The normalized spacial score (nSPS) is 19.1. The maximum absolute atomic E-state index is 13.3. The van der Waals surface area contributed by atoms with Gasteiger partial charge in [-0.2, -0.15) is 0 Å². The molecule has 1 aromatic rings. The van der Waals surface area contributed by atoms with Crippen molar-refractivity contribution in [1.82, 2.24) is 4.31 Å². The van der Waals surface area contributed by atoms with Crippen LogP contribution in [0.15, 0.2) is 24.3 Å². The SMILES string of the molecule is O=C1CCS(=O)(=O)N1Cc1ccccc1F. The Morgan fingerprint density at radius 3 is 2.56 bits per heavy atom. The highest BCUT2D eigenvalue weighted by Gasteiger charge is 2.35. The standard InChI is InChI=1S/C10H10FNO3S/c11-9-4-2-1-3-8(9)7-12-10(13)5-6-16(12,14)15/h1-4H,5-7H2. The van der Waals surface area contributed by atoms with Gasteiger partial charge in [-0.3, -0.25) is 4.79 Å². The highest BCUT2D eigenvalue weighted by atomic mass is 32.2.